The maximum absolute atomic E-state index is 14.7. The van der Waals surface area contributed by atoms with E-state index >= 15 is 0 Å². The number of carbonyl (C=O) groups is 2. The smallest absolute Gasteiger partial charge is 0.333 e. The molecule has 0 atom stereocenters. The van der Waals surface area contributed by atoms with E-state index in [4.69, 9.17) is 28.9 Å². The van der Waals surface area contributed by atoms with Gasteiger partial charge in [-0.25, -0.2) is 14.6 Å². The fourth-order valence-electron chi connectivity index (χ4n) is 2.50. The number of urea groups is 1. The van der Waals surface area contributed by atoms with E-state index in [2.05, 4.69) is 31.6 Å². The number of rotatable bonds is 6. The summed E-state index contributed by atoms with van der Waals surface area (Å²) in [6, 6.07) is 6.75. The van der Waals surface area contributed by atoms with E-state index < -0.39 is 11.8 Å². The van der Waals surface area contributed by atoms with Gasteiger partial charge in [-0.3, -0.25) is 10.2 Å². The van der Waals surface area contributed by atoms with Gasteiger partial charge in [0, 0.05) is 29.1 Å². The molecular formula is C19H20Cl2FN7O2. The van der Waals surface area contributed by atoms with Gasteiger partial charge in [-0.05, 0) is 34.5 Å². The van der Waals surface area contributed by atoms with Gasteiger partial charge in [-0.1, -0.05) is 42.3 Å². The zero-order valence-corrected chi connectivity index (χ0v) is 18.2. The van der Waals surface area contributed by atoms with Gasteiger partial charge in [0.2, 0.25) is 5.91 Å². The predicted molar refractivity (Wildman–Crippen MR) is 117 cm³/mol. The third-order valence-corrected chi connectivity index (χ3v) is 4.51. The second-order valence-electron chi connectivity index (χ2n) is 6.10. The first kappa shape index (κ1) is 24.0. The summed E-state index contributed by atoms with van der Waals surface area (Å²) in [5.41, 5.74) is 11.8. The lowest BCUT2D eigenvalue weighted by molar-refractivity contribution is -0.121. The molecule has 164 valence electrons. The van der Waals surface area contributed by atoms with Crippen molar-refractivity contribution in [2.45, 2.75) is 19.9 Å². The zero-order chi connectivity index (χ0) is 23.0. The molecule has 0 unspecified atom stereocenters. The Morgan fingerprint density at radius 1 is 1.16 bits per heavy atom. The highest BCUT2D eigenvalue weighted by Crippen LogP contribution is 2.33. The van der Waals surface area contributed by atoms with Gasteiger partial charge < -0.3 is 11.1 Å². The average molecular weight is 468 g/mol. The zero-order valence-electron chi connectivity index (χ0n) is 16.7. The van der Waals surface area contributed by atoms with Crippen molar-refractivity contribution in [3.63, 3.8) is 0 Å². The number of amides is 3. The van der Waals surface area contributed by atoms with Gasteiger partial charge in [0.05, 0.1) is 12.1 Å². The van der Waals surface area contributed by atoms with Gasteiger partial charge in [0.1, 0.15) is 5.82 Å². The van der Waals surface area contributed by atoms with Crippen LogP contribution in [0, 0.1) is 5.82 Å². The molecule has 0 aromatic heterocycles. The van der Waals surface area contributed by atoms with E-state index in [1.54, 1.807) is 19.1 Å². The average Bonchev–Trinajstić information content (AvgIpc) is 2.74. The molecule has 0 aliphatic rings. The van der Waals surface area contributed by atoms with E-state index in [9.17, 15) is 14.0 Å². The Labute approximate surface area is 187 Å². The van der Waals surface area contributed by atoms with Crippen LogP contribution in [0.2, 0.25) is 10.0 Å². The molecule has 2 rings (SSSR count). The molecule has 5 N–H and O–H groups in total. The largest absolute Gasteiger partial charge is 0.382 e. The standard InChI is InChI=1S/C19H20Cl2FN7O2/c1-3-16(30)26-28-19(31)25-9-11-5-4-10(6-15(11)22)13-7-12(20)8-14(21)17(13)18(23)27-29-24-2/h4-8H,3,9H2,1-2H3,(H,26,30)(H2,23,24,27)(H2,25,28,31). The molecule has 0 aliphatic carbocycles. The molecule has 0 spiro atoms. The van der Waals surface area contributed by atoms with Crippen LogP contribution in [0.5, 0.6) is 0 Å². The third-order valence-electron chi connectivity index (χ3n) is 3.99. The van der Waals surface area contributed by atoms with Crippen LogP contribution in [-0.4, -0.2) is 24.8 Å². The minimum absolute atomic E-state index is 0.0146. The predicted octanol–water partition coefficient (Wildman–Crippen LogP) is 3.74. The molecule has 0 aliphatic heterocycles. The number of hydrogen-bond acceptors (Lipinski definition) is 4. The summed E-state index contributed by atoms with van der Waals surface area (Å²) in [6.07, 6.45) is 0.211. The second-order valence-corrected chi connectivity index (χ2v) is 6.94. The van der Waals surface area contributed by atoms with Gasteiger partial charge in [-0.15, -0.1) is 5.10 Å². The van der Waals surface area contributed by atoms with Gasteiger partial charge >= 0.3 is 6.03 Å². The van der Waals surface area contributed by atoms with Crippen molar-refractivity contribution in [3.05, 3.63) is 57.3 Å². The molecule has 0 fully saturated rings. The van der Waals surface area contributed by atoms with Crippen LogP contribution in [0.3, 0.4) is 0 Å². The van der Waals surface area contributed by atoms with Gasteiger partial charge in [0.25, 0.3) is 0 Å². The van der Waals surface area contributed by atoms with Crippen LogP contribution < -0.4 is 21.9 Å². The van der Waals surface area contributed by atoms with Crippen LogP contribution in [-0.2, 0) is 11.3 Å². The maximum atomic E-state index is 14.7. The Bertz CT molecular complexity index is 1040. The number of hydrazine groups is 1. The molecule has 9 nitrogen and oxygen atoms in total. The SMILES string of the molecule is CCC(=O)NNC(=O)NCc1ccc(-c2cc(Cl)cc(Cl)c2C(N)=NN=NC)cc1F. The van der Waals surface area contributed by atoms with Crippen LogP contribution in [0.15, 0.2) is 45.8 Å². The first-order valence-corrected chi connectivity index (χ1v) is 9.75. The lowest BCUT2D eigenvalue weighted by Gasteiger charge is -2.13. The summed E-state index contributed by atoms with van der Waals surface area (Å²) in [6.45, 7) is 1.53. The molecule has 0 bridgehead atoms. The van der Waals surface area contributed by atoms with E-state index in [0.717, 1.165) is 0 Å². The lowest BCUT2D eigenvalue weighted by atomic mass is 9.97. The van der Waals surface area contributed by atoms with E-state index in [-0.39, 0.29) is 35.3 Å². The fraction of sp³-hybridized carbons (Fsp3) is 0.211. The van der Waals surface area contributed by atoms with Crippen molar-refractivity contribution in [2.75, 3.05) is 7.05 Å². The van der Waals surface area contributed by atoms with Crippen LogP contribution in [0.1, 0.15) is 24.5 Å². The van der Waals surface area contributed by atoms with E-state index in [1.807, 2.05) is 0 Å². The molecule has 0 heterocycles. The highest BCUT2D eigenvalue weighted by atomic mass is 35.5. The molecular weight excluding hydrogens is 448 g/mol. The number of amidine groups is 1. The van der Waals surface area contributed by atoms with Crippen molar-refractivity contribution < 1.29 is 14.0 Å². The minimum Gasteiger partial charge on any atom is -0.382 e. The Morgan fingerprint density at radius 3 is 2.55 bits per heavy atom. The number of nitrogens with zero attached hydrogens (tertiary/aromatic N) is 3. The van der Waals surface area contributed by atoms with Crippen molar-refractivity contribution in [1.82, 2.24) is 16.2 Å². The van der Waals surface area contributed by atoms with Crippen molar-refractivity contribution >= 4 is 41.0 Å². The first-order chi connectivity index (χ1) is 14.8. The molecule has 2 aromatic rings. The summed E-state index contributed by atoms with van der Waals surface area (Å²) in [5, 5.41) is 13.7. The monoisotopic (exact) mass is 467 g/mol. The molecule has 3 amide bonds. The molecule has 2 aromatic carbocycles. The molecule has 0 saturated heterocycles. The summed E-state index contributed by atoms with van der Waals surface area (Å²) in [5.74, 6) is -0.953. The topological polar surface area (TPSA) is 133 Å². The van der Waals surface area contributed by atoms with E-state index in [1.165, 1.54) is 25.2 Å². The molecule has 0 radical (unpaired) electrons. The minimum atomic E-state index is -0.678. The second kappa shape index (κ2) is 11.2. The summed E-state index contributed by atoms with van der Waals surface area (Å²) >= 11 is 12.4. The van der Waals surface area contributed by atoms with Crippen molar-refractivity contribution in [2.24, 2.45) is 21.2 Å². The summed E-state index contributed by atoms with van der Waals surface area (Å²) < 4.78 is 14.7. The third kappa shape index (κ3) is 6.63. The molecule has 12 heteroatoms. The summed E-state index contributed by atoms with van der Waals surface area (Å²) in [4.78, 5) is 22.8. The Morgan fingerprint density at radius 2 is 1.90 bits per heavy atom. The van der Waals surface area contributed by atoms with Gasteiger partial charge in [-0.2, -0.15) is 5.11 Å². The van der Waals surface area contributed by atoms with Crippen molar-refractivity contribution in [3.8, 4) is 11.1 Å². The highest BCUT2D eigenvalue weighted by Gasteiger charge is 2.16. The van der Waals surface area contributed by atoms with Crippen LogP contribution >= 0.6 is 23.2 Å². The van der Waals surface area contributed by atoms with E-state index in [0.29, 0.717) is 21.7 Å². The highest BCUT2D eigenvalue weighted by molar-refractivity contribution is 6.38. The number of hydrogen-bond donors (Lipinski definition) is 4. The van der Waals surface area contributed by atoms with Crippen LogP contribution in [0.25, 0.3) is 11.1 Å². The fourth-order valence-corrected chi connectivity index (χ4v) is 3.09. The molecule has 31 heavy (non-hydrogen) atoms. The first-order valence-electron chi connectivity index (χ1n) is 9.00. The number of benzene rings is 2. The number of nitrogens with two attached hydrogens (primary N) is 1. The number of halogens is 3. The number of nitrogens with one attached hydrogen (secondary N) is 3. The number of carbonyl (C=O) groups excluding carboxylic acids is 2. The Balaban J connectivity index is 2.27. The summed E-state index contributed by atoms with van der Waals surface area (Å²) in [7, 11) is 1.43. The Kier molecular flexibility index (Phi) is 8.71. The quantitative estimate of drug-likeness (QED) is 0.223. The molecule has 0 saturated carbocycles. The van der Waals surface area contributed by atoms with Crippen LogP contribution in [0.4, 0.5) is 9.18 Å². The maximum Gasteiger partial charge on any atom is 0.333 e. The van der Waals surface area contributed by atoms with Crippen molar-refractivity contribution in [1.29, 1.82) is 0 Å². The normalized spacial score (nSPS) is 11.5. The Hall–Kier alpha value is -3.24. The lowest BCUT2D eigenvalue weighted by Crippen LogP contribution is -2.46. The van der Waals surface area contributed by atoms with Gasteiger partial charge in [0.15, 0.2) is 5.84 Å².